The molecule has 17 heteroatoms. The van der Waals surface area contributed by atoms with E-state index in [0.717, 1.165) is 0 Å². The van der Waals surface area contributed by atoms with Gasteiger partial charge in [-0.25, -0.2) is 9.36 Å². The summed E-state index contributed by atoms with van der Waals surface area (Å²) >= 11 is 0. The molecule has 2 aliphatic rings. The van der Waals surface area contributed by atoms with Crippen LogP contribution in [0.15, 0.2) is 12.4 Å². The van der Waals surface area contributed by atoms with E-state index < -0.39 is 74.5 Å². The molecule has 17 nitrogen and oxygen atoms in total. The highest BCUT2D eigenvalue weighted by molar-refractivity contribution is 4.99. The summed E-state index contributed by atoms with van der Waals surface area (Å²) in [4.78, 5) is 0. The highest BCUT2D eigenvalue weighted by Gasteiger charge is 2.45. The molecular formula is C18H29N7O10. The maximum Gasteiger partial charge on any atom is 0.180 e. The van der Waals surface area contributed by atoms with Gasteiger partial charge in [-0.3, -0.25) is 0 Å². The second-order valence-corrected chi connectivity index (χ2v) is 8.42. The van der Waals surface area contributed by atoms with Crippen LogP contribution in [0.5, 0.6) is 0 Å². The number of hydrogen-bond acceptors (Lipinski definition) is 15. The number of hydrogen-bond donors (Lipinski definition) is 9. The predicted octanol–water partition coefficient (Wildman–Crippen LogP) is -5.90. The highest BCUT2D eigenvalue weighted by atomic mass is 16.6. The fourth-order valence-electron chi connectivity index (χ4n) is 3.96. The summed E-state index contributed by atoms with van der Waals surface area (Å²) < 4.78 is 13.2. The van der Waals surface area contributed by atoms with Gasteiger partial charge in [0.05, 0.1) is 37.0 Å². The Bertz CT molecular complexity index is 883. The summed E-state index contributed by atoms with van der Waals surface area (Å²) in [5, 5.41) is 97.3. The van der Waals surface area contributed by atoms with Crippen LogP contribution in [0.3, 0.4) is 0 Å². The lowest BCUT2D eigenvalue weighted by molar-refractivity contribution is -0.254. The molecule has 9 N–H and O–H groups in total. The van der Waals surface area contributed by atoms with Crippen molar-refractivity contribution in [3.05, 3.63) is 23.8 Å². The smallest absolute Gasteiger partial charge is 0.180 e. The second kappa shape index (κ2) is 10.8. The van der Waals surface area contributed by atoms with Crippen molar-refractivity contribution in [2.75, 3.05) is 13.2 Å². The molecule has 0 amide bonds. The van der Waals surface area contributed by atoms with Crippen molar-refractivity contribution in [1.29, 1.82) is 0 Å². The molecule has 2 saturated heterocycles. The van der Waals surface area contributed by atoms with Gasteiger partial charge in [-0.1, -0.05) is 10.4 Å². The van der Waals surface area contributed by atoms with E-state index >= 15 is 0 Å². The van der Waals surface area contributed by atoms with Crippen LogP contribution >= 0.6 is 0 Å². The molecule has 0 bridgehead atoms. The highest BCUT2D eigenvalue weighted by Crippen LogP contribution is 2.29. The minimum atomic E-state index is -1.54. The van der Waals surface area contributed by atoms with E-state index in [-0.39, 0.29) is 13.1 Å². The van der Waals surface area contributed by atoms with Crippen LogP contribution in [0.2, 0.25) is 0 Å². The molecule has 2 aromatic rings. The van der Waals surface area contributed by atoms with Crippen LogP contribution in [0.1, 0.15) is 23.8 Å². The number of ether oxygens (including phenoxy) is 2. The van der Waals surface area contributed by atoms with Crippen LogP contribution in [-0.2, 0) is 22.6 Å². The molecule has 0 aromatic carbocycles. The van der Waals surface area contributed by atoms with Gasteiger partial charge in [-0.05, 0) is 0 Å². The largest absolute Gasteiger partial charge is 0.394 e. The van der Waals surface area contributed by atoms with Crippen LogP contribution in [0, 0.1) is 0 Å². The van der Waals surface area contributed by atoms with Gasteiger partial charge in [-0.15, -0.1) is 10.2 Å². The Morgan fingerprint density at radius 2 is 1.06 bits per heavy atom. The Labute approximate surface area is 197 Å². The van der Waals surface area contributed by atoms with Gasteiger partial charge in [-0.2, -0.15) is 0 Å². The standard InChI is InChI=1S/C18H29N7O10/c26-5-9-11(28)13(30)15(32)17(34-9)24-3-7(20-22-24)1-19-2-8-4-25(23-21-8)18-16(33)14(31)12(29)10(6-27)35-18/h3-4,9-19,26-33H,1-2,5-6H2/t9-,10-,11-,12-,13+,14+,15+,16+,17+,18+/m1/s1. The number of nitrogens with one attached hydrogen (secondary N) is 1. The SMILES string of the molecule is OC[C@H]1O[C@H](n2cc(CNCc3cn([C@H]4O[C@H](CO)[C@@H](O)[C@H](O)[C@@H]4O)nn3)nn2)[C@@H](O)[C@@H](O)[C@@H]1O. The first kappa shape index (κ1) is 25.9. The Balaban J connectivity index is 1.32. The fourth-order valence-corrected chi connectivity index (χ4v) is 3.96. The fraction of sp³-hybridized carbons (Fsp3) is 0.778. The van der Waals surface area contributed by atoms with Crippen molar-refractivity contribution in [2.45, 2.75) is 74.4 Å². The molecule has 35 heavy (non-hydrogen) atoms. The number of aromatic nitrogens is 6. The third kappa shape index (κ3) is 5.20. The van der Waals surface area contributed by atoms with Crippen molar-refractivity contribution in [2.24, 2.45) is 0 Å². The molecule has 4 rings (SSSR count). The van der Waals surface area contributed by atoms with Gasteiger partial charge in [0.25, 0.3) is 0 Å². The lowest BCUT2D eigenvalue weighted by atomic mass is 9.98. The zero-order valence-electron chi connectivity index (χ0n) is 18.3. The summed E-state index contributed by atoms with van der Waals surface area (Å²) in [5.74, 6) is 0. The van der Waals surface area contributed by atoms with Crippen LogP contribution < -0.4 is 5.32 Å². The van der Waals surface area contributed by atoms with E-state index in [4.69, 9.17) is 9.47 Å². The number of aliphatic hydroxyl groups excluding tert-OH is 8. The molecular weight excluding hydrogens is 474 g/mol. The maximum absolute atomic E-state index is 10.2. The van der Waals surface area contributed by atoms with Gasteiger partial charge < -0.3 is 55.6 Å². The average molecular weight is 503 g/mol. The Morgan fingerprint density at radius 3 is 1.43 bits per heavy atom. The molecule has 2 aromatic heterocycles. The van der Waals surface area contributed by atoms with E-state index in [0.29, 0.717) is 11.4 Å². The van der Waals surface area contributed by atoms with Gasteiger partial charge in [0.2, 0.25) is 0 Å². The van der Waals surface area contributed by atoms with Gasteiger partial charge >= 0.3 is 0 Å². The molecule has 0 unspecified atom stereocenters. The first-order valence-electron chi connectivity index (χ1n) is 10.9. The molecule has 2 fully saturated rings. The molecule has 0 aliphatic carbocycles. The maximum atomic E-state index is 10.2. The third-order valence-electron chi connectivity index (χ3n) is 5.98. The summed E-state index contributed by atoms with van der Waals surface area (Å²) in [6.07, 6.45) is -10.6. The summed E-state index contributed by atoms with van der Waals surface area (Å²) in [7, 11) is 0. The molecule has 196 valence electrons. The van der Waals surface area contributed by atoms with E-state index in [1.54, 1.807) is 0 Å². The quantitative estimate of drug-likeness (QED) is 0.162. The summed E-state index contributed by atoms with van der Waals surface area (Å²) in [6, 6.07) is 0. The van der Waals surface area contributed by atoms with E-state index in [2.05, 4.69) is 25.9 Å². The molecule has 10 atom stereocenters. The van der Waals surface area contributed by atoms with Crippen LogP contribution in [0.4, 0.5) is 0 Å². The first-order valence-corrected chi connectivity index (χ1v) is 10.9. The van der Waals surface area contributed by atoms with E-state index in [1.807, 2.05) is 0 Å². The number of nitrogens with zero attached hydrogens (tertiary/aromatic N) is 6. The van der Waals surface area contributed by atoms with Gasteiger partial charge in [0, 0.05) is 13.1 Å². The van der Waals surface area contributed by atoms with Gasteiger partial charge in [0.15, 0.2) is 12.5 Å². The minimum Gasteiger partial charge on any atom is -0.394 e. The summed E-state index contributed by atoms with van der Waals surface area (Å²) in [6.45, 7) is -0.697. The van der Waals surface area contributed by atoms with Crippen molar-refractivity contribution in [1.82, 2.24) is 35.3 Å². The zero-order chi connectivity index (χ0) is 25.3. The minimum absolute atomic E-state index is 0.213. The average Bonchev–Trinajstić information content (AvgIpc) is 3.52. The number of aliphatic hydroxyl groups is 8. The zero-order valence-corrected chi connectivity index (χ0v) is 18.3. The molecule has 2 aliphatic heterocycles. The van der Waals surface area contributed by atoms with Crippen molar-refractivity contribution >= 4 is 0 Å². The lowest BCUT2D eigenvalue weighted by Crippen LogP contribution is -2.56. The summed E-state index contributed by atoms with van der Waals surface area (Å²) in [5.41, 5.74) is 0.895. The molecule has 4 heterocycles. The lowest BCUT2D eigenvalue weighted by Gasteiger charge is -2.39. The Hall–Kier alpha value is -2.16. The monoisotopic (exact) mass is 503 g/mol. The van der Waals surface area contributed by atoms with Crippen molar-refractivity contribution < 1.29 is 50.3 Å². The third-order valence-corrected chi connectivity index (χ3v) is 5.98. The van der Waals surface area contributed by atoms with Crippen molar-refractivity contribution in [3.8, 4) is 0 Å². The second-order valence-electron chi connectivity index (χ2n) is 8.42. The van der Waals surface area contributed by atoms with Crippen LogP contribution in [-0.4, -0.2) is 133 Å². The van der Waals surface area contributed by atoms with Crippen molar-refractivity contribution in [3.63, 3.8) is 0 Å². The topological polar surface area (TPSA) is 254 Å². The molecule has 0 spiro atoms. The molecule has 0 radical (unpaired) electrons. The van der Waals surface area contributed by atoms with Crippen LogP contribution in [0.25, 0.3) is 0 Å². The molecule has 0 saturated carbocycles. The van der Waals surface area contributed by atoms with E-state index in [1.165, 1.54) is 21.8 Å². The number of rotatable bonds is 8. The van der Waals surface area contributed by atoms with Gasteiger partial charge in [0.1, 0.15) is 48.8 Å². The first-order chi connectivity index (χ1) is 16.7. The Morgan fingerprint density at radius 1 is 0.657 bits per heavy atom. The normalized spacial score (nSPS) is 38.1. The van der Waals surface area contributed by atoms with E-state index in [9.17, 15) is 40.9 Å². The predicted molar refractivity (Wildman–Crippen MR) is 109 cm³/mol. The Kier molecular flexibility index (Phi) is 8.03.